The lowest BCUT2D eigenvalue weighted by Crippen LogP contribution is -2.56. The van der Waals surface area contributed by atoms with Gasteiger partial charge in [-0.2, -0.15) is 13.2 Å². The number of nitrogens with zero attached hydrogens (tertiary/aromatic N) is 1. The summed E-state index contributed by atoms with van der Waals surface area (Å²) in [5.74, 6) is -2.12. The summed E-state index contributed by atoms with van der Waals surface area (Å²) in [4.78, 5) is 30.6. The third-order valence-corrected chi connectivity index (χ3v) is 7.42. The summed E-state index contributed by atoms with van der Waals surface area (Å²) in [5.41, 5.74) is -2.35. The molecule has 41 heavy (non-hydrogen) atoms. The third kappa shape index (κ3) is 7.35. The van der Waals surface area contributed by atoms with Crippen molar-refractivity contribution in [1.82, 2.24) is 15.6 Å². The molecule has 11 heteroatoms. The quantitative estimate of drug-likeness (QED) is 0.223. The van der Waals surface area contributed by atoms with Gasteiger partial charge in [0.25, 0.3) is 0 Å². The molecule has 2 aromatic carbocycles. The number of ether oxygens (including phenoxy) is 1. The number of esters is 1. The molecular weight excluding hydrogens is 562 g/mol. The minimum Gasteiger partial charge on any atom is -0.466 e. The molecule has 0 radical (unpaired) electrons. The second kappa shape index (κ2) is 12.9. The standard InChI is InChI=1S/C30H30ClF4N3O3/c1-2-41-27(39)24-10-6-7-11-25(24)37-28(40)38-29(17-19-8-4-3-5-9-19,26-13-12-22(31)18-36-26)20-14-21(30(33,34)35)16-23(32)15-20/h3-5,8-9,12-16,18,24-25H,2,6-7,10-11,17H2,1H3,(H2,37,38,40)/t24-,25+,29-/m0/s1. The van der Waals surface area contributed by atoms with Crippen LogP contribution < -0.4 is 10.6 Å². The summed E-state index contributed by atoms with van der Waals surface area (Å²) in [6.45, 7) is 1.89. The van der Waals surface area contributed by atoms with Crippen LogP contribution in [0, 0.1) is 11.7 Å². The van der Waals surface area contributed by atoms with Crippen molar-refractivity contribution in [2.24, 2.45) is 5.92 Å². The fraction of sp³-hybridized carbons (Fsp3) is 0.367. The van der Waals surface area contributed by atoms with Crippen molar-refractivity contribution in [3.05, 3.63) is 100 Å². The number of pyridine rings is 1. The van der Waals surface area contributed by atoms with E-state index in [0.29, 0.717) is 24.5 Å². The number of carbonyl (C=O) groups excluding carboxylic acids is 2. The summed E-state index contributed by atoms with van der Waals surface area (Å²) < 4.78 is 61.5. The summed E-state index contributed by atoms with van der Waals surface area (Å²) in [5, 5.41) is 5.94. The van der Waals surface area contributed by atoms with Crippen molar-refractivity contribution < 1.29 is 31.9 Å². The Hall–Kier alpha value is -3.66. The fourth-order valence-corrected chi connectivity index (χ4v) is 5.40. The minimum absolute atomic E-state index is 0.0669. The largest absolute Gasteiger partial charge is 0.466 e. The number of rotatable bonds is 8. The highest BCUT2D eigenvalue weighted by molar-refractivity contribution is 6.30. The maximum absolute atomic E-state index is 14.8. The second-order valence-corrected chi connectivity index (χ2v) is 10.4. The lowest BCUT2D eigenvalue weighted by Gasteiger charge is -2.37. The van der Waals surface area contributed by atoms with E-state index in [1.165, 1.54) is 18.3 Å². The van der Waals surface area contributed by atoms with Gasteiger partial charge in [0.2, 0.25) is 0 Å². The predicted molar refractivity (Wildman–Crippen MR) is 146 cm³/mol. The van der Waals surface area contributed by atoms with Gasteiger partial charge in [-0.15, -0.1) is 0 Å². The molecular formula is C30H30ClF4N3O3. The Morgan fingerprint density at radius 3 is 2.39 bits per heavy atom. The van der Waals surface area contributed by atoms with E-state index in [1.54, 1.807) is 37.3 Å². The van der Waals surface area contributed by atoms with Gasteiger partial charge in [0.1, 0.15) is 11.4 Å². The first-order valence-electron chi connectivity index (χ1n) is 13.3. The molecule has 218 valence electrons. The molecule has 1 fully saturated rings. The minimum atomic E-state index is -4.85. The Morgan fingerprint density at radius 2 is 1.73 bits per heavy atom. The van der Waals surface area contributed by atoms with Gasteiger partial charge in [-0.3, -0.25) is 9.78 Å². The Kier molecular flexibility index (Phi) is 9.53. The van der Waals surface area contributed by atoms with Crippen molar-refractivity contribution in [2.75, 3.05) is 6.61 Å². The maximum Gasteiger partial charge on any atom is 0.416 e. The van der Waals surface area contributed by atoms with Crippen LogP contribution in [0.1, 0.15) is 55.0 Å². The monoisotopic (exact) mass is 591 g/mol. The summed E-state index contributed by atoms with van der Waals surface area (Å²) in [6, 6.07) is 12.6. The van der Waals surface area contributed by atoms with Crippen molar-refractivity contribution in [3.63, 3.8) is 0 Å². The molecule has 6 nitrogen and oxygen atoms in total. The van der Waals surface area contributed by atoms with E-state index in [4.69, 9.17) is 16.3 Å². The number of hydrogen-bond acceptors (Lipinski definition) is 4. The second-order valence-electron chi connectivity index (χ2n) is 10.0. The van der Waals surface area contributed by atoms with E-state index in [-0.39, 0.29) is 29.3 Å². The zero-order valence-electron chi connectivity index (χ0n) is 22.3. The molecule has 1 aliphatic carbocycles. The summed E-state index contributed by atoms with van der Waals surface area (Å²) in [6.07, 6.45) is -1.01. The van der Waals surface area contributed by atoms with E-state index >= 15 is 0 Å². The van der Waals surface area contributed by atoms with Gasteiger partial charge in [0.15, 0.2) is 0 Å². The van der Waals surface area contributed by atoms with Gasteiger partial charge in [0, 0.05) is 18.7 Å². The number of amides is 2. The van der Waals surface area contributed by atoms with Crippen LogP contribution in [-0.2, 0) is 27.7 Å². The van der Waals surface area contributed by atoms with Crippen LogP contribution in [0.4, 0.5) is 22.4 Å². The molecule has 1 heterocycles. The lowest BCUT2D eigenvalue weighted by atomic mass is 9.79. The number of alkyl halides is 3. The topological polar surface area (TPSA) is 80.3 Å². The predicted octanol–water partition coefficient (Wildman–Crippen LogP) is 6.80. The molecule has 3 atom stereocenters. The van der Waals surface area contributed by atoms with Crippen molar-refractivity contribution >= 4 is 23.6 Å². The fourth-order valence-electron chi connectivity index (χ4n) is 5.28. The number of benzene rings is 2. The number of carbonyl (C=O) groups is 2. The van der Waals surface area contributed by atoms with Gasteiger partial charge in [0.05, 0.1) is 28.8 Å². The normalized spacial score (nSPS) is 18.7. The summed E-state index contributed by atoms with van der Waals surface area (Å²) >= 11 is 6.07. The van der Waals surface area contributed by atoms with Crippen molar-refractivity contribution in [3.8, 4) is 0 Å². The van der Waals surface area contributed by atoms with Crippen molar-refractivity contribution in [2.45, 2.75) is 56.8 Å². The molecule has 1 aromatic heterocycles. The van der Waals surface area contributed by atoms with Crippen LogP contribution in [0.5, 0.6) is 0 Å². The molecule has 0 bridgehead atoms. The van der Waals surface area contributed by atoms with E-state index in [0.717, 1.165) is 25.0 Å². The van der Waals surface area contributed by atoms with Gasteiger partial charge < -0.3 is 15.4 Å². The van der Waals surface area contributed by atoms with Gasteiger partial charge in [-0.1, -0.05) is 54.8 Å². The van der Waals surface area contributed by atoms with Crippen LogP contribution in [0.15, 0.2) is 66.9 Å². The number of urea groups is 1. The number of hydrogen-bond donors (Lipinski definition) is 2. The van der Waals surface area contributed by atoms with E-state index < -0.39 is 47.1 Å². The Labute approximate surface area is 240 Å². The first-order valence-corrected chi connectivity index (χ1v) is 13.7. The van der Waals surface area contributed by atoms with Crippen LogP contribution in [0.2, 0.25) is 5.02 Å². The average molecular weight is 592 g/mol. The molecule has 3 aromatic rings. The first kappa shape index (κ1) is 30.3. The maximum atomic E-state index is 14.8. The molecule has 1 aliphatic rings. The molecule has 0 unspecified atom stereocenters. The van der Waals surface area contributed by atoms with Crippen LogP contribution in [-0.4, -0.2) is 29.6 Å². The van der Waals surface area contributed by atoms with Gasteiger partial charge >= 0.3 is 18.2 Å². The van der Waals surface area contributed by atoms with Crippen LogP contribution in [0.3, 0.4) is 0 Å². The molecule has 0 aliphatic heterocycles. The Balaban J connectivity index is 1.82. The third-order valence-electron chi connectivity index (χ3n) is 7.19. The van der Waals surface area contributed by atoms with Gasteiger partial charge in [-0.25, -0.2) is 9.18 Å². The molecule has 1 saturated carbocycles. The highest BCUT2D eigenvalue weighted by Crippen LogP contribution is 2.38. The highest BCUT2D eigenvalue weighted by Gasteiger charge is 2.42. The SMILES string of the molecule is CCOC(=O)[C@H]1CCCC[C@H]1NC(=O)N[C@@](Cc1ccccc1)(c1cc(F)cc(C(F)(F)F)c1)c1ccc(Cl)cn1. The summed E-state index contributed by atoms with van der Waals surface area (Å²) in [7, 11) is 0. The lowest BCUT2D eigenvalue weighted by molar-refractivity contribution is -0.150. The average Bonchev–Trinajstić information content (AvgIpc) is 2.93. The first-order chi connectivity index (χ1) is 19.5. The molecule has 2 N–H and O–H groups in total. The highest BCUT2D eigenvalue weighted by atomic mass is 35.5. The van der Waals surface area contributed by atoms with Gasteiger partial charge in [-0.05, 0) is 61.2 Å². The van der Waals surface area contributed by atoms with E-state index in [2.05, 4.69) is 15.6 Å². The molecule has 4 rings (SSSR count). The number of nitrogens with one attached hydrogen (secondary N) is 2. The molecule has 0 spiro atoms. The van der Waals surface area contributed by atoms with Crippen LogP contribution in [0.25, 0.3) is 0 Å². The van der Waals surface area contributed by atoms with E-state index in [1.807, 2.05) is 0 Å². The van der Waals surface area contributed by atoms with E-state index in [9.17, 15) is 27.2 Å². The molecule has 2 amide bonds. The zero-order valence-corrected chi connectivity index (χ0v) is 23.1. The zero-order chi connectivity index (χ0) is 29.6. The number of halogens is 5. The Bertz CT molecular complexity index is 1360. The Morgan fingerprint density at radius 1 is 1.02 bits per heavy atom. The van der Waals surface area contributed by atoms with Crippen LogP contribution >= 0.6 is 11.6 Å². The smallest absolute Gasteiger partial charge is 0.416 e. The molecule has 0 saturated heterocycles. The van der Waals surface area contributed by atoms with Crippen molar-refractivity contribution in [1.29, 1.82) is 0 Å². The number of aromatic nitrogens is 1.